The maximum atomic E-state index is 12.3. The highest BCUT2D eigenvalue weighted by Gasteiger charge is 2.22. The van der Waals surface area contributed by atoms with Gasteiger partial charge in [-0.15, -0.1) is 0 Å². The largest absolute Gasteiger partial charge is 0.467 e. The van der Waals surface area contributed by atoms with Crippen molar-refractivity contribution in [3.05, 3.63) is 41.7 Å². The molecule has 2 N–H and O–H groups in total. The number of fused-ring (bicyclic) bond motifs is 1. The fourth-order valence-corrected chi connectivity index (χ4v) is 3.78. The average molecular weight is 352 g/mol. The first-order valence-electron chi connectivity index (χ1n) is 7.02. The van der Waals surface area contributed by atoms with E-state index in [4.69, 9.17) is 21.4 Å². The molecule has 0 saturated heterocycles. The molecule has 0 spiro atoms. The first-order valence-corrected chi connectivity index (χ1v) is 8.92. The molecule has 2 aromatic rings. The molecule has 3 rings (SSSR count). The lowest BCUT2D eigenvalue weighted by Crippen LogP contribution is -2.17. The van der Waals surface area contributed by atoms with Gasteiger partial charge in [0.25, 0.3) is 15.2 Å². The molecule has 23 heavy (non-hydrogen) atoms. The van der Waals surface area contributed by atoms with E-state index in [1.807, 2.05) is 13.8 Å². The van der Waals surface area contributed by atoms with Crippen molar-refractivity contribution < 1.29 is 17.6 Å². The molecule has 1 aromatic carbocycles. The first-order chi connectivity index (χ1) is 10.8. The van der Waals surface area contributed by atoms with E-state index in [1.165, 1.54) is 18.4 Å². The molecule has 0 fully saturated rings. The summed E-state index contributed by atoms with van der Waals surface area (Å²) in [5.41, 5.74) is 3.15. The topological polar surface area (TPSA) is 80.6 Å². The van der Waals surface area contributed by atoms with Crippen LogP contribution in [0.1, 0.15) is 18.1 Å². The highest BCUT2D eigenvalue weighted by molar-refractivity contribution is 7.92. The number of ether oxygens (including phenoxy) is 1. The van der Waals surface area contributed by atoms with Crippen molar-refractivity contribution in [3.8, 4) is 0 Å². The van der Waals surface area contributed by atoms with Gasteiger partial charge >= 0.3 is 0 Å². The summed E-state index contributed by atoms with van der Waals surface area (Å²) >= 11 is 5.12. The molecular formula is C15H16N2O4S2. The summed E-state index contributed by atoms with van der Waals surface area (Å²) in [7, 11) is -3.74. The minimum Gasteiger partial charge on any atom is -0.467 e. The number of hydrogen-bond donors (Lipinski definition) is 2. The fourth-order valence-electron chi connectivity index (χ4n) is 2.55. The predicted octanol–water partition coefficient (Wildman–Crippen LogP) is 3.05. The van der Waals surface area contributed by atoms with Gasteiger partial charge in [0.1, 0.15) is 6.10 Å². The van der Waals surface area contributed by atoms with E-state index in [1.54, 1.807) is 12.1 Å². The van der Waals surface area contributed by atoms with Crippen LogP contribution in [-0.4, -0.2) is 19.7 Å². The highest BCUT2D eigenvalue weighted by Crippen LogP contribution is 2.30. The second-order valence-corrected chi connectivity index (χ2v) is 7.39. The normalized spacial score (nSPS) is 17.7. The second kappa shape index (κ2) is 5.86. The van der Waals surface area contributed by atoms with Gasteiger partial charge in [0.05, 0.1) is 6.26 Å². The van der Waals surface area contributed by atoms with Gasteiger partial charge in [0.2, 0.25) is 5.09 Å². The molecule has 122 valence electrons. The van der Waals surface area contributed by atoms with Crippen LogP contribution in [0, 0.1) is 6.92 Å². The van der Waals surface area contributed by atoms with Crippen molar-refractivity contribution in [2.24, 2.45) is 0 Å². The van der Waals surface area contributed by atoms with Crippen molar-refractivity contribution in [3.63, 3.8) is 0 Å². The number of anilines is 2. The number of hydrogen-bond acceptors (Lipinski definition) is 5. The third kappa shape index (κ3) is 3.32. The Bertz CT molecular complexity index is 845. The maximum absolute atomic E-state index is 12.3. The Balaban J connectivity index is 1.97. The smallest absolute Gasteiger partial charge is 0.295 e. The number of benzene rings is 1. The van der Waals surface area contributed by atoms with Gasteiger partial charge in [0, 0.05) is 17.8 Å². The van der Waals surface area contributed by atoms with Crippen molar-refractivity contribution in [1.82, 2.24) is 0 Å². The number of rotatable bonds is 3. The van der Waals surface area contributed by atoms with Gasteiger partial charge in [0.15, 0.2) is 0 Å². The summed E-state index contributed by atoms with van der Waals surface area (Å²) in [5.74, 6) is 0. The van der Waals surface area contributed by atoms with Crippen molar-refractivity contribution >= 4 is 38.8 Å². The van der Waals surface area contributed by atoms with E-state index in [0.29, 0.717) is 17.3 Å². The Morgan fingerprint density at radius 1 is 1.39 bits per heavy atom. The monoisotopic (exact) mass is 352 g/mol. The quantitative estimate of drug-likeness (QED) is 0.827. The Kier molecular flexibility index (Phi) is 4.03. The van der Waals surface area contributed by atoms with E-state index in [2.05, 4.69) is 10.0 Å². The van der Waals surface area contributed by atoms with Crippen LogP contribution in [0.15, 0.2) is 40.0 Å². The predicted molar refractivity (Wildman–Crippen MR) is 91.2 cm³/mol. The molecule has 6 nitrogen and oxygen atoms in total. The minimum absolute atomic E-state index is 0.0902. The lowest BCUT2D eigenvalue weighted by Gasteiger charge is -2.14. The summed E-state index contributed by atoms with van der Waals surface area (Å²) in [6.45, 7) is 3.80. The zero-order valence-electron chi connectivity index (χ0n) is 12.6. The minimum atomic E-state index is -3.74. The first kappa shape index (κ1) is 15.8. The summed E-state index contributed by atoms with van der Waals surface area (Å²) in [6, 6.07) is 6.45. The van der Waals surface area contributed by atoms with Crippen molar-refractivity contribution in [2.75, 3.05) is 10.0 Å². The second-order valence-electron chi connectivity index (χ2n) is 5.41. The van der Waals surface area contributed by atoms with E-state index < -0.39 is 10.0 Å². The van der Waals surface area contributed by atoms with Gasteiger partial charge < -0.3 is 14.5 Å². The molecule has 0 radical (unpaired) electrons. The van der Waals surface area contributed by atoms with Gasteiger partial charge in [-0.2, -0.15) is 8.42 Å². The van der Waals surface area contributed by atoms with Gasteiger partial charge in [-0.3, -0.25) is 4.72 Å². The van der Waals surface area contributed by atoms with E-state index in [0.717, 1.165) is 16.8 Å². The molecule has 1 aliphatic heterocycles. The van der Waals surface area contributed by atoms with Crippen LogP contribution in [0.4, 0.5) is 11.4 Å². The van der Waals surface area contributed by atoms with Crippen molar-refractivity contribution in [1.29, 1.82) is 0 Å². The standard InChI is InChI=1S/C15H16N2O4S2/c1-9-6-12(17-23(18,19)13-4-3-5-20-13)8-11-7-10(2)21-15(22)16-14(9)11/h3-6,8,10,17H,7H2,1-2H3,(H,16,22). The number of furan rings is 1. The fraction of sp³-hybridized carbons (Fsp3) is 0.267. The Morgan fingerprint density at radius 2 is 2.17 bits per heavy atom. The molecule has 0 saturated carbocycles. The van der Waals surface area contributed by atoms with E-state index in [-0.39, 0.29) is 11.2 Å². The molecule has 2 heterocycles. The summed E-state index contributed by atoms with van der Waals surface area (Å²) in [5, 5.41) is 3.25. The molecule has 1 unspecified atom stereocenters. The summed E-state index contributed by atoms with van der Waals surface area (Å²) in [6.07, 6.45) is 1.85. The molecule has 0 bridgehead atoms. The van der Waals surface area contributed by atoms with Crippen LogP contribution in [0.3, 0.4) is 0 Å². The molecule has 1 aliphatic rings. The Labute approximate surface area is 139 Å². The van der Waals surface area contributed by atoms with Crippen LogP contribution >= 0.6 is 12.2 Å². The number of aryl methyl sites for hydroxylation is 1. The van der Waals surface area contributed by atoms with E-state index in [9.17, 15) is 8.42 Å². The summed E-state index contributed by atoms with van der Waals surface area (Å²) in [4.78, 5) is 0. The number of thiocarbonyl (C=S) groups is 1. The molecule has 1 aromatic heterocycles. The van der Waals surface area contributed by atoms with E-state index >= 15 is 0 Å². The SMILES string of the molecule is Cc1cc(NS(=O)(=O)c2ccco2)cc2c1NC(=S)OC(C)C2. The molecule has 8 heteroatoms. The molecule has 1 atom stereocenters. The highest BCUT2D eigenvalue weighted by atomic mass is 32.2. The zero-order valence-corrected chi connectivity index (χ0v) is 14.3. The lowest BCUT2D eigenvalue weighted by atomic mass is 10.0. The van der Waals surface area contributed by atoms with Crippen LogP contribution in [0.2, 0.25) is 0 Å². The lowest BCUT2D eigenvalue weighted by molar-refractivity contribution is 0.217. The Morgan fingerprint density at radius 3 is 2.87 bits per heavy atom. The van der Waals surface area contributed by atoms with Gasteiger partial charge in [-0.25, -0.2) is 0 Å². The summed E-state index contributed by atoms with van der Waals surface area (Å²) < 4.78 is 37.5. The van der Waals surface area contributed by atoms with Crippen LogP contribution < -0.4 is 10.0 Å². The van der Waals surface area contributed by atoms with Crippen molar-refractivity contribution in [2.45, 2.75) is 31.5 Å². The molecular weight excluding hydrogens is 336 g/mol. The maximum Gasteiger partial charge on any atom is 0.295 e. The number of nitrogens with one attached hydrogen (secondary N) is 2. The molecule has 0 aliphatic carbocycles. The van der Waals surface area contributed by atoms with Crippen LogP contribution in [0.5, 0.6) is 0 Å². The van der Waals surface area contributed by atoms with Gasteiger partial charge in [-0.1, -0.05) is 0 Å². The third-order valence-electron chi connectivity index (χ3n) is 3.47. The third-order valence-corrected chi connectivity index (χ3v) is 4.94. The Hall–Kier alpha value is -2.06. The average Bonchev–Trinajstić information content (AvgIpc) is 2.92. The number of sulfonamides is 1. The zero-order chi connectivity index (χ0) is 16.6. The van der Waals surface area contributed by atoms with Gasteiger partial charge in [-0.05, 0) is 61.5 Å². The van der Waals surface area contributed by atoms with Crippen LogP contribution in [-0.2, 0) is 21.2 Å². The molecule has 0 amide bonds. The van der Waals surface area contributed by atoms with Crippen LogP contribution in [0.25, 0.3) is 0 Å².